The van der Waals surface area contributed by atoms with Crippen LogP contribution in [0.15, 0.2) is 145 Å². The minimum Gasteiger partial charge on any atom is -0.309 e. The van der Waals surface area contributed by atoms with Crippen molar-refractivity contribution in [3.05, 3.63) is 162 Å². The van der Waals surface area contributed by atoms with Crippen molar-refractivity contribution >= 4 is 65.4 Å². The summed E-state index contributed by atoms with van der Waals surface area (Å²) in [6, 6.07) is 28.7. The number of para-hydroxylation sites is 3. The van der Waals surface area contributed by atoms with Gasteiger partial charge in [0.05, 0.1) is 62.5 Å². The van der Waals surface area contributed by atoms with E-state index in [-0.39, 0.29) is 70.6 Å². The maximum Gasteiger partial charge on any atom is 0.0645 e. The summed E-state index contributed by atoms with van der Waals surface area (Å²) in [5.41, 5.74) is 7.90. The standard InChI is InChI=1S/C54H51N3/c1-52(2,3)34-22-25-43-40-16-10-13-19-46(40)55(49(43)28-34)37-31-38(56-47-20-14-11-17-41(47)44-26-23-35(29-50(44)56)53(4,5)6)33-39(32-37)57-48-21-15-12-18-42(48)45-27-24-36(30-51(45)57)54(7,8)9/h10-33H,1-9H3/i10D,11D,12D,13D,14D,15D,19D,20D,21D. The zero-order valence-corrected chi connectivity index (χ0v) is 34.0. The fraction of sp³-hybridized carbons (Fsp3) is 0.222. The summed E-state index contributed by atoms with van der Waals surface area (Å²) in [5, 5.41) is 4.43. The van der Waals surface area contributed by atoms with Gasteiger partial charge in [0.25, 0.3) is 0 Å². The molecule has 0 amide bonds. The fourth-order valence-corrected chi connectivity index (χ4v) is 8.53. The molecular weight excluding hydrogens is 691 g/mol. The molecule has 0 atom stereocenters. The van der Waals surface area contributed by atoms with Crippen molar-refractivity contribution in [1.29, 1.82) is 0 Å². The van der Waals surface area contributed by atoms with Crippen LogP contribution < -0.4 is 0 Å². The number of hydrogen-bond acceptors (Lipinski definition) is 0. The van der Waals surface area contributed by atoms with E-state index in [4.69, 9.17) is 8.22 Å². The highest BCUT2D eigenvalue weighted by atomic mass is 15.0. The minimum atomic E-state index is -0.251. The number of rotatable bonds is 3. The smallest absolute Gasteiger partial charge is 0.0645 e. The Bertz CT molecular complexity index is 3350. The summed E-state index contributed by atoms with van der Waals surface area (Å²) in [6.07, 6.45) is 0. The van der Waals surface area contributed by atoms with E-state index in [0.29, 0.717) is 49.8 Å². The molecule has 0 spiro atoms. The second kappa shape index (κ2) is 12.2. The third kappa shape index (κ3) is 5.54. The number of benzene rings is 7. The molecular formula is C54H51N3. The lowest BCUT2D eigenvalue weighted by Crippen LogP contribution is -2.11. The van der Waals surface area contributed by atoms with Gasteiger partial charge in [-0.1, -0.05) is 153 Å². The first-order chi connectivity index (χ1) is 30.9. The number of hydrogen-bond donors (Lipinski definition) is 0. The van der Waals surface area contributed by atoms with E-state index in [2.05, 4.69) is 98.7 Å². The van der Waals surface area contributed by atoms with Crippen molar-refractivity contribution in [3.63, 3.8) is 0 Å². The predicted molar refractivity (Wildman–Crippen MR) is 246 cm³/mol. The Kier molecular flexibility index (Phi) is 5.73. The highest BCUT2D eigenvalue weighted by Gasteiger charge is 2.24. The molecule has 282 valence electrons. The van der Waals surface area contributed by atoms with Crippen molar-refractivity contribution in [2.45, 2.75) is 78.6 Å². The third-order valence-corrected chi connectivity index (χ3v) is 11.7. The van der Waals surface area contributed by atoms with Crippen molar-refractivity contribution in [1.82, 2.24) is 13.7 Å². The van der Waals surface area contributed by atoms with E-state index in [9.17, 15) is 4.11 Å². The van der Waals surface area contributed by atoms with Gasteiger partial charge in [0.15, 0.2) is 0 Å². The minimum absolute atomic E-state index is 0.0494. The quantitative estimate of drug-likeness (QED) is 0.171. The Hall–Kier alpha value is -6.06. The number of fused-ring (bicyclic) bond motifs is 9. The molecule has 0 N–H and O–H groups in total. The molecule has 0 aliphatic carbocycles. The highest BCUT2D eigenvalue weighted by molar-refractivity contribution is 6.12. The van der Waals surface area contributed by atoms with Crippen LogP contribution in [0.4, 0.5) is 0 Å². The van der Waals surface area contributed by atoms with Crippen molar-refractivity contribution in [2.24, 2.45) is 0 Å². The molecule has 3 heteroatoms. The number of aromatic nitrogens is 3. The molecule has 57 heavy (non-hydrogen) atoms. The molecule has 0 unspecified atom stereocenters. The zero-order valence-electron chi connectivity index (χ0n) is 43.0. The molecule has 10 aromatic rings. The normalized spacial score (nSPS) is 15.2. The van der Waals surface area contributed by atoms with Gasteiger partial charge in [-0.05, 0) is 87.5 Å². The maximum absolute atomic E-state index is 9.49. The van der Waals surface area contributed by atoms with E-state index >= 15 is 0 Å². The van der Waals surface area contributed by atoms with Crippen molar-refractivity contribution in [3.8, 4) is 17.1 Å². The molecule has 3 aromatic heterocycles. The molecule has 10 rings (SSSR count). The molecule has 0 fully saturated rings. The summed E-state index contributed by atoms with van der Waals surface area (Å²) in [7, 11) is 0. The van der Waals surface area contributed by atoms with E-state index in [0.717, 1.165) is 49.4 Å². The average Bonchev–Trinajstić information content (AvgIpc) is 3.88. The average molecular weight is 751 g/mol. The van der Waals surface area contributed by atoms with Gasteiger partial charge in [-0.15, -0.1) is 0 Å². The largest absolute Gasteiger partial charge is 0.309 e. The lowest BCUT2D eigenvalue weighted by atomic mass is 9.86. The van der Waals surface area contributed by atoms with Crippen LogP contribution in [0.1, 0.15) is 91.3 Å². The van der Waals surface area contributed by atoms with Crippen LogP contribution in [-0.2, 0) is 16.2 Å². The summed E-state index contributed by atoms with van der Waals surface area (Å²) in [6.45, 7) is 19.3. The summed E-state index contributed by atoms with van der Waals surface area (Å²) in [5.74, 6) is 0. The second-order valence-electron chi connectivity index (χ2n) is 18.6. The summed E-state index contributed by atoms with van der Waals surface area (Å²) >= 11 is 0. The van der Waals surface area contributed by atoms with Gasteiger partial charge in [-0.25, -0.2) is 0 Å². The molecule has 0 radical (unpaired) electrons. The zero-order chi connectivity index (χ0) is 47.4. The first-order valence-corrected chi connectivity index (χ1v) is 19.7. The summed E-state index contributed by atoms with van der Waals surface area (Å²) < 4.78 is 87.5. The lowest BCUT2D eigenvalue weighted by Gasteiger charge is -2.21. The van der Waals surface area contributed by atoms with Crippen LogP contribution in [0.25, 0.3) is 82.5 Å². The second-order valence-corrected chi connectivity index (χ2v) is 18.6. The van der Waals surface area contributed by atoms with Gasteiger partial charge in [0, 0.05) is 32.3 Å². The Labute approximate surface area is 348 Å². The molecule has 0 aliphatic rings. The molecule has 0 aliphatic heterocycles. The Morgan fingerprint density at radius 3 is 0.842 bits per heavy atom. The van der Waals surface area contributed by atoms with Gasteiger partial charge in [0.1, 0.15) is 0 Å². The molecule has 0 bridgehead atoms. The van der Waals surface area contributed by atoms with Gasteiger partial charge < -0.3 is 13.7 Å². The van der Waals surface area contributed by atoms with Crippen LogP contribution in [0.3, 0.4) is 0 Å². The molecule has 0 saturated carbocycles. The molecule has 0 saturated heterocycles. The van der Waals surface area contributed by atoms with E-state index in [1.165, 1.54) is 0 Å². The Balaban J connectivity index is 1.46. The predicted octanol–water partition coefficient (Wildman–Crippen LogP) is 14.9. The number of nitrogens with zero attached hydrogens (tertiary/aromatic N) is 3. The molecule has 3 nitrogen and oxygen atoms in total. The van der Waals surface area contributed by atoms with E-state index < -0.39 is 0 Å². The monoisotopic (exact) mass is 750 g/mol. The first-order valence-electron chi connectivity index (χ1n) is 24.2. The Morgan fingerprint density at radius 1 is 0.316 bits per heavy atom. The first kappa shape index (κ1) is 26.7. The van der Waals surface area contributed by atoms with Crippen LogP contribution in [0.2, 0.25) is 0 Å². The van der Waals surface area contributed by atoms with Crippen LogP contribution in [-0.4, -0.2) is 13.7 Å². The van der Waals surface area contributed by atoms with Crippen LogP contribution in [0.5, 0.6) is 0 Å². The third-order valence-electron chi connectivity index (χ3n) is 11.7. The highest BCUT2D eigenvalue weighted by Crippen LogP contribution is 2.41. The maximum atomic E-state index is 9.49. The topological polar surface area (TPSA) is 14.8 Å². The SMILES string of the molecule is [2H]c1cc2c3ccc(C(C)(C)C)cc3n(-c3cc(-n4c5cc(C(C)(C)C)ccc5c5cc([2H])c([2H])c([2H])c54)cc(-n4c5cc(C(C)(C)C)ccc5c5cc([2H])c([2H])c([2H])c54)c3)c2c([2H])c1[2H]. The van der Waals surface area contributed by atoms with Crippen molar-refractivity contribution < 1.29 is 12.3 Å². The van der Waals surface area contributed by atoms with Crippen molar-refractivity contribution in [2.75, 3.05) is 0 Å². The summed E-state index contributed by atoms with van der Waals surface area (Å²) in [4.78, 5) is 0. The molecule has 7 aromatic carbocycles. The van der Waals surface area contributed by atoms with Gasteiger partial charge in [-0.2, -0.15) is 0 Å². The fourth-order valence-electron chi connectivity index (χ4n) is 8.53. The Morgan fingerprint density at radius 2 is 0.579 bits per heavy atom. The van der Waals surface area contributed by atoms with Crippen LogP contribution >= 0.6 is 0 Å². The van der Waals surface area contributed by atoms with Crippen LogP contribution in [0, 0.1) is 0 Å². The van der Waals surface area contributed by atoms with E-state index in [1.54, 1.807) is 18.2 Å². The van der Waals surface area contributed by atoms with Gasteiger partial charge >= 0.3 is 0 Å². The van der Waals surface area contributed by atoms with E-state index in [1.807, 2.05) is 50.1 Å². The van der Waals surface area contributed by atoms with Gasteiger partial charge in [-0.3, -0.25) is 0 Å². The molecule has 3 heterocycles. The lowest BCUT2D eigenvalue weighted by molar-refractivity contribution is 0.590. The van der Waals surface area contributed by atoms with Gasteiger partial charge in [0.2, 0.25) is 0 Å².